The molecule has 1 aliphatic heterocycles. The Hall–Kier alpha value is -1.62. The summed E-state index contributed by atoms with van der Waals surface area (Å²) in [6, 6.07) is 7.38. The van der Waals surface area contributed by atoms with E-state index in [0.29, 0.717) is 17.9 Å². The fourth-order valence-corrected chi connectivity index (χ4v) is 2.31. The summed E-state index contributed by atoms with van der Waals surface area (Å²) in [4.78, 5) is 25.4. The largest absolute Gasteiger partial charge is 0.463 e. The van der Waals surface area contributed by atoms with Gasteiger partial charge in [-0.2, -0.15) is 0 Å². The Labute approximate surface area is 120 Å². The Morgan fingerprint density at radius 3 is 2.58 bits per heavy atom. The Morgan fingerprint density at radius 1 is 1.37 bits per heavy atom. The zero-order valence-electron chi connectivity index (χ0n) is 10.8. The predicted octanol–water partition coefficient (Wildman–Crippen LogP) is 3.02. The minimum atomic E-state index is -0.409. The van der Waals surface area contributed by atoms with Gasteiger partial charge in [0.1, 0.15) is 0 Å². The van der Waals surface area contributed by atoms with Gasteiger partial charge in [0.2, 0.25) is 5.91 Å². The molecule has 0 atom stereocenters. The molecule has 0 unspecified atom stereocenters. The lowest BCUT2D eigenvalue weighted by atomic mass is 10.2. The average molecular weight is 324 g/mol. The Bertz CT molecular complexity index is 548. The van der Waals surface area contributed by atoms with Gasteiger partial charge in [0, 0.05) is 15.9 Å². The molecule has 1 amide bonds. The fourth-order valence-electron chi connectivity index (χ4n) is 2.05. The third kappa shape index (κ3) is 2.71. The number of benzene rings is 1. The molecule has 19 heavy (non-hydrogen) atoms. The van der Waals surface area contributed by atoms with E-state index in [2.05, 4.69) is 15.9 Å². The molecule has 1 aromatic rings. The molecule has 0 radical (unpaired) electrons. The molecule has 1 heterocycles. The number of hydrogen-bond donors (Lipinski definition) is 0. The van der Waals surface area contributed by atoms with E-state index in [4.69, 9.17) is 4.74 Å². The molecular formula is C14H14BrNO3. The third-order valence-electron chi connectivity index (χ3n) is 2.96. The van der Waals surface area contributed by atoms with Crippen LogP contribution in [0.15, 0.2) is 40.0 Å². The summed E-state index contributed by atoms with van der Waals surface area (Å²) in [6.45, 7) is 3.82. The van der Waals surface area contributed by atoms with Crippen molar-refractivity contribution in [2.45, 2.75) is 20.3 Å². The van der Waals surface area contributed by atoms with Crippen LogP contribution in [0.2, 0.25) is 0 Å². The number of amides is 1. The highest BCUT2D eigenvalue weighted by molar-refractivity contribution is 9.10. The third-order valence-corrected chi connectivity index (χ3v) is 3.48. The second-order valence-electron chi connectivity index (χ2n) is 4.17. The number of halogens is 1. The second kappa shape index (κ2) is 5.57. The number of hydrogen-bond acceptors (Lipinski definition) is 3. The maximum absolute atomic E-state index is 12.1. The Kier molecular flexibility index (Phi) is 4.04. The molecule has 0 aromatic heterocycles. The van der Waals surface area contributed by atoms with Gasteiger partial charge in [-0.3, -0.25) is 9.69 Å². The van der Waals surface area contributed by atoms with E-state index in [9.17, 15) is 9.59 Å². The molecule has 5 heteroatoms. The molecular weight excluding hydrogens is 310 g/mol. The summed E-state index contributed by atoms with van der Waals surface area (Å²) in [5.74, 6) is -0.518. The van der Waals surface area contributed by atoms with Crippen molar-refractivity contribution in [2.75, 3.05) is 11.5 Å². The number of ether oxygens (including phenoxy) is 1. The quantitative estimate of drug-likeness (QED) is 0.803. The lowest BCUT2D eigenvalue weighted by Crippen LogP contribution is -2.23. The van der Waals surface area contributed by atoms with Crippen LogP contribution in [0.4, 0.5) is 5.69 Å². The molecule has 0 fully saturated rings. The maximum atomic E-state index is 12.1. The van der Waals surface area contributed by atoms with Crippen LogP contribution < -0.4 is 4.90 Å². The number of nitrogens with zero attached hydrogens (tertiary/aromatic N) is 1. The molecule has 0 bridgehead atoms. The summed E-state index contributed by atoms with van der Waals surface area (Å²) >= 11 is 3.35. The summed E-state index contributed by atoms with van der Waals surface area (Å²) in [6.07, 6.45) is 0.0979. The molecule has 0 spiro atoms. The normalized spacial score (nSPS) is 15.1. The van der Waals surface area contributed by atoms with Crippen LogP contribution in [0.3, 0.4) is 0 Å². The zero-order valence-corrected chi connectivity index (χ0v) is 12.4. The van der Waals surface area contributed by atoms with Crippen LogP contribution in [-0.2, 0) is 14.3 Å². The van der Waals surface area contributed by atoms with E-state index in [0.717, 1.165) is 10.2 Å². The summed E-state index contributed by atoms with van der Waals surface area (Å²) < 4.78 is 5.90. The number of anilines is 1. The molecule has 1 aromatic carbocycles. The molecule has 1 aliphatic rings. The molecule has 100 valence electrons. The van der Waals surface area contributed by atoms with Gasteiger partial charge >= 0.3 is 5.97 Å². The van der Waals surface area contributed by atoms with E-state index in [1.165, 1.54) is 0 Å². The van der Waals surface area contributed by atoms with Gasteiger partial charge in [-0.15, -0.1) is 0 Å². The van der Waals surface area contributed by atoms with Crippen molar-refractivity contribution in [1.29, 1.82) is 0 Å². The zero-order chi connectivity index (χ0) is 14.0. The Balaban J connectivity index is 2.33. The van der Waals surface area contributed by atoms with Crippen LogP contribution in [0, 0.1) is 0 Å². The van der Waals surface area contributed by atoms with Gasteiger partial charge in [0.15, 0.2) is 0 Å². The molecule has 2 rings (SSSR count). The van der Waals surface area contributed by atoms with E-state index >= 15 is 0 Å². The first-order valence-corrected chi connectivity index (χ1v) is 6.79. The van der Waals surface area contributed by atoms with Gasteiger partial charge in [-0.1, -0.05) is 15.9 Å². The molecule has 0 saturated heterocycles. The smallest absolute Gasteiger partial charge is 0.336 e. The lowest BCUT2D eigenvalue weighted by Gasteiger charge is -2.18. The van der Waals surface area contributed by atoms with Crippen LogP contribution in [0.1, 0.15) is 20.3 Å². The second-order valence-corrected chi connectivity index (χ2v) is 5.08. The molecule has 0 N–H and O–H groups in total. The fraction of sp³-hybridized carbons (Fsp3) is 0.286. The van der Waals surface area contributed by atoms with Crippen LogP contribution in [0.5, 0.6) is 0 Å². The number of esters is 1. The monoisotopic (exact) mass is 323 g/mol. The highest BCUT2D eigenvalue weighted by atomic mass is 79.9. The number of carbonyl (C=O) groups excluding carboxylic acids is 2. The highest BCUT2D eigenvalue weighted by Gasteiger charge is 2.32. The van der Waals surface area contributed by atoms with Crippen molar-refractivity contribution in [2.24, 2.45) is 0 Å². The first kappa shape index (κ1) is 13.8. The van der Waals surface area contributed by atoms with Crippen LogP contribution in [0.25, 0.3) is 0 Å². The summed E-state index contributed by atoms with van der Waals surface area (Å²) in [5.41, 5.74) is 1.84. The van der Waals surface area contributed by atoms with E-state index < -0.39 is 5.97 Å². The topological polar surface area (TPSA) is 46.6 Å². The predicted molar refractivity (Wildman–Crippen MR) is 75.6 cm³/mol. The molecule has 0 saturated carbocycles. The van der Waals surface area contributed by atoms with E-state index in [1.54, 1.807) is 18.7 Å². The van der Waals surface area contributed by atoms with Gasteiger partial charge in [-0.05, 0) is 38.1 Å². The van der Waals surface area contributed by atoms with Gasteiger partial charge in [0.05, 0.1) is 18.6 Å². The molecule has 4 nitrogen and oxygen atoms in total. The van der Waals surface area contributed by atoms with Crippen LogP contribution >= 0.6 is 15.9 Å². The first-order valence-electron chi connectivity index (χ1n) is 6.00. The van der Waals surface area contributed by atoms with Crippen molar-refractivity contribution in [1.82, 2.24) is 0 Å². The number of rotatable bonds is 3. The summed E-state index contributed by atoms with van der Waals surface area (Å²) in [7, 11) is 0. The highest BCUT2D eigenvalue weighted by Crippen LogP contribution is 2.31. The maximum Gasteiger partial charge on any atom is 0.336 e. The van der Waals surface area contributed by atoms with Crippen molar-refractivity contribution in [3.05, 3.63) is 40.0 Å². The van der Waals surface area contributed by atoms with Gasteiger partial charge in [0.25, 0.3) is 0 Å². The van der Waals surface area contributed by atoms with Gasteiger partial charge < -0.3 is 4.74 Å². The van der Waals surface area contributed by atoms with Crippen molar-refractivity contribution < 1.29 is 14.3 Å². The number of allylic oxidation sites excluding steroid dienone is 1. The standard InChI is InChI=1S/C14H14BrNO3/c1-3-19-14(18)12-8-13(17)16(9(12)2)11-6-4-10(15)5-7-11/h4-7H,3,8H2,1-2H3. The van der Waals surface area contributed by atoms with E-state index in [1.807, 2.05) is 24.3 Å². The van der Waals surface area contributed by atoms with Crippen molar-refractivity contribution in [3.63, 3.8) is 0 Å². The number of carbonyl (C=O) groups is 2. The van der Waals surface area contributed by atoms with E-state index in [-0.39, 0.29) is 12.3 Å². The Morgan fingerprint density at radius 2 is 2.00 bits per heavy atom. The van der Waals surface area contributed by atoms with Crippen LogP contribution in [-0.4, -0.2) is 18.5 Å². The van der Waals surface area contributed by atoms with Crippen molar-refractivity contribution >= 4 is 33.5 Å². The lowest BCUT2D eigenvalue weighted by molar-refractivity contribution is -0.139. The average Bonchev–Trinajstić information content (AvgIpc) is 2.67. The SMILES string of the molecule is CCOC(=O)C1=C(C)N(c2ccc(Br)cc2)C(=O)C1. The molecule has 0 aliphatic carbocycles. The minimum Gasteiger partial charge on any atom is -0.463 e. The first-order chi connectivity index (χ1) is 9.04. The minimum absolute atomic E-state index is 0.0979. The van der Waals surface area contributed by atoms with Gasteiger partial charge in [-0.25, -0.2) is 4.79 Å². The van der Waals surface area contributed by atoms with Crippen molar-refractivity contribution in [3.8, 4) is 0 Å². The summed E-state index contributed by atoms with van der Waals surface area (Å²) in [5, 5.41) is 0.